The summed E-state index contributed by atoms with van der Waals surface area (Å²) in [7, 11) is 1.56. The molecule has 1 atom stereocenters. The molecule has 3 heterocycles. The molecular weight excluding hydrogens is 356 g/mol. The molecule has 1 N–H and O–H groups in total. The van der Waals surface area contributed by atoms with Gasteiger partial charge in [-0.15, -0.1) is 0 Å². The van der Waals surface area contributed by atoms with Crippen molar-refractivity contribution in [2.45, 2.75) is 32.4 Å². The maximum absolute atomic E-state index is 12.0. The predicted octanol–water partition coefficient (Wildman–Crippen LogP) is 3.65. The lowest BCUT2D eigenvalue weighted by molar-refractivity contribution is -0.112. The van der Waals surface area contributed by atoms with E-state index in [2.05, 4.69) is 22.0 Å². The number of pyridine rings is 1. The summed E-state index contributed by atoms with van der Waals surface area (Å²) in [5, 5.41) is 7.05. The van der Waals surface area contributed by atoms with E-state index in [0.717, 1.165) is 30.5 Å². The van der Waals surface area contributed by atoms with Gasteiger partial charge in [-0.2, -0.15) is 5.10 Å². The number of carbonyl (C=O) groups is 1. The van der Waals surface area contributed by atoms with Gasteiger partial charge in [0.1, 0.15) is 5.69 Å². The van der Waals surface area contributed by atoms with Crippen molar-refractivity contribution in [3.05, 3.63) is 35.5 Å². The van der Waals surface area contributed by atoms with Gasteiger partial charge in [-0.05, 0) is 38.3 Å². The summed E-state index contributed by atoms with van der Waals surface area (Å²) in [5.74, 6) is -0.0146. The Morgan fingerprint density at radius 3 is 2.96 bits per heavy atom. The number of rotatable bonds is 5. The Kier molecular flexibility index (Phi) is 5.58. The van der Waals surface area contributed by atoms with Crippen LogP contribution >= 0.6 is 11.6 Å². The van der Waals surface area contributed by atoms with Crippen LogP contribution in [-0.2, 0) is 9.53 Å². The minimum Gasteiger partial charge on any atom is -0.481 e. The quantitative estimate of drug-likeness (QED) is 0.806. The van der Waals surface area contributed by atoms with E-state index in [0.29, 0.717) is 23.9 Å². The minimum atomic E-state index is -0.487. The van der Waals surface area contributed by atoms with E-state index in [-0.39, 0.29) is 11.3 Å². The lowest BCUT2D eigenvalue weighted by Crippen LogP contribution is -2.20. The number of aromatic nitrogens is 3. The van der Waals surface area contributed by atoms with Gasteiger partial charge in [-0.3, -0.25) is 4.79 Å². The van der Waals surface area contributed by atoms with Crippen LogP contribution < -0.4 is 10.1 Å². The number of aryl methyl sites for hydroxylation is 1. The van der Waals surface area contributed by atoms with Gasteiger partial charge < -0.3 is 14.8 Å². The van der Waals surface area contributed by atoms with Gasteiger partial charge >= 0.3 is 0 Å². The predicted molar refractivity (Wildman–Crippen MR) is 99.2 cm³/mol. The molecule has 0 radical (unpaired) electrons. The molecule has 1 unspecified atom stereocenters. The first-order chi connectivity index (χ1) is 12.5. The van der Waals surface area contributed by atoms with Crippen molar-refractivity contribution in [2.75, 3.05) is 19.0 Å². The summed E-state index contributed by atoms with van der Waals surface area (Å²) in [6.07, 6.45) is 4.52. The molecule has 3 rings (SSSR count). The third kappa shape index (κ3) is 3.73. The van der Waals surface area contributed by atoms with Crippen molar-refractivity contribution < 1.29 is 14.3 Å². The Balaban J connectivity index is 2.07. The van der Waals surface area contributed by atoms with Crippen molar-refractivity contribution in [1.82, 2.24) is 14.8 Å². The Morgan fingerprint density at radius 2 is 2.31 bits per heavy atom. The van der Waals surface area contributed by atoms with Crippen molar-refractivity contribution in [3.8, 4) is 17.3 Å². The summed E-state index contributed by atoms with van der Waals surface area (Å²) in [5.41, 5.74) is 2.55. The van der Waals surface area contributed by atoms with Gasteiger partial charge in [0.25, 0.3) is 5.91 Å². The van der Waals surface area contributed by atoms with Crippen LogP contribution in [-0.4, -0.2) is 34.4 Å². The second kappa shape index (κ2) is 7.88. The Bertz CT molecular complexity index is 828. The fourth-order valence-electron chi connectivity index (χ4n) is 2.93. The van der Waals surface area contributed by atoms with E-state index in [4.69, 9.17) is 21.1 Å². The molecule has 0 aromatic carbocycles. The van der Waals surface area contributed by atoms with Crippen LogP contribution in [0.3, 0.4) is 0 Å². The number of hydrogen-bond acceptors (Lipinski definition) is 5. The summed E-state index contributed by atoms with van der Waals surface area (Å²) < 4.78 is 13.0. The van der Waals surface area contributed by atoms with Crippen LogP contribution in [0.25, 0.3) is 11.4 Å². The van der Waals surface area contributed by atoms with E-state index < -0.39 is 5.91 Å². The molecule has 138 valence electrons. The monoisotopic (exact) mass is 376 g/mol. The second-order valence-electron chi connectivity index (χ2n) is 6.05. The molecule has 2 aromatic rings. The van der Waals surface area contributed by atoms with Crippen molar-refractivity contribution in [3.63, 3.8) is 0 Å². The van der Waals surface area contributed by atoms with Crippen molar-refractivity contribution >= 4 is 23.2 Å². The summed E-state index contributed by atoms with van der Waals surface area (Å²) >= 11 is 5.72. The average Bonchev–Trinajstić information content (AvgIpc) is 3.12. The first-order valence-electron chi connectivity index (χ1n) is 8.38. The zero-order chi connectivity index (χ0) is 18.7. The molecule has 1 amide bonds. The number of anilines is 1. The molecule has 1 aliphatic heterocycles. The zero-order valence-corrected chi connectivity index (χ0v) is 15.5. The highest BCUT2D eigenvalue weighted by Gasteiger charge is 2.23. The van der Waals surface area contributed by atoms with E-state index in [1.165, 1.54) is 0 Å². The van der Waals surface area contributed by atoms with Gasteiger partial charge in [-0.1, -0.05) is 18.2 Å². The number of halogens is 1. The molecule has 1 fully saturated rings. The topological polar surface area (TPSA) is 78.3 Å². The number of ether oxygens (including phenoxy) is 2. The zero-order valence-electron chi connectivity index (χ0n) is 14.8. The fraction of sp³-hybridized carbons (Fsp3) is 0.389. The van der Waals surface area contributed by atoms with Gasteiger partial charge in [0.2, 0.25) is 5.88 Å². The van der Waals surface area contributed by atoms with Crippen LogP contribution in [0.4, 0.5) is 5.69 Å². The number of hydrogen-bond donors (Lipinski definition) is 1. The van der Waals surface area contributed by atoms with Gasteiger partial charge in [0, 0.05) is 18.4 Å². The number of carbonyl (C=O) groups excluding carboxylic acids is 1. The Morgan fingerprint density at radius 1 is 1.50 bits per heavy atom. The molecule has 0 bridgehead atoms. The molecular formula is C18H21ClN4O3. The van der Waals surface area contributed by atoms with Crippen molar-refractivity contribution in [2.24, 2.45) is 0 Å². The first kappa shape index (κ1) is 18.4. The third-order valence-electron chi connectivity index (χ3n) is 4.20. The largest absolute Gasteiger partial charge is 0.481 e. The minimum absolute atomic E-state index is 0.103. The van der Waals surface area contributed by atoms with Crippen LogP contribution in [0.1, 0.15) is 31.1 Å². The van der Waals surface area contributed by atoms with E-state index in [1.54, 1.807) is 24.1 Å². The van der Waals surface area contributed by atoms with Crippen LogP contribution in [0, 0.1) is 6.92 Å². The van der Waals surface area contributed by atoms with Crippen LogP contribution in [0.5, 0.6) is 5.88 Å². The second-order valence-corrected chi connectivity index (χ2v) is 6.51. The standard InChI is InChI=1S/C18H21ClN4O3/c1-11-10-13(21-17(24)12(2)19)16(22-18(11)25-3)14-7-8-20-23(14)15-6-4-5-9-26-15/h7-8,10,15H,2,4-6,9H2,1,3H3,(H,21,24). The molecule has 8 heteroatoms. The summed E-state index contributed by atoms with van der Waals surface area (Å²) in [6, 6.07) is 3.62. The maximum Gasteiger partial charge on any atom is 0.266 e. The molecule has 1 aliphatic rings. The molecule has 2 aromatic heterocycles. The van der Waals surface area contributed by atoms with Gasteiger partial charge in [0.05, 0.1) is 23.5 Å². The third-order valence-corrected chi connectivity index (χ3v) is 4.37. The van der Waals surface area contributed by atoms with Gasteiger partial charge in [-0.25, -0.2) is 9.67 Å². The normalized spacial score (nSPS) is 17.0. The number of nitrogens with zero attached hydrogens (tertiary/aromatic N) is 3. The SMILES string of the molecule is C=C(Cl)C(=O)Nc1cc(C)c(OC)nc1-c1ccnn1C1CCCCO1. The number of nitrogens with one attached hydrogen (secondary N) is 1. The molecule has 26 heavy (non-hydrogen) atoms. The first-order valence-corrected chi connectivity index (χ1v) is 8.76. The fourth-order valence-corrected chi connectivity index (χ4v) is 2.98. The van der Waals surface area contributed by atoms with E-state index >= 15 is 0 Å². The van der Waals surface area contributed by atoms with E-state index in [1.807, 2.05) is 13.0 Å². The Hall–Kier alpha value is -2.38. The lowest BCUT2D eigenvalue weighted by Gasteiger charge is -2.25. The highest BCUT2D eigenvalue weighted by molar-refractivity contribution is 6.43. The molecule has 0 aliphatic carbocycles. The van der Waals surface area contributed by atoms with E-state index in [9.17, 15) is 4.79 Å². The molecule has 1 saturated heterocycles. The maximum atomic E-state index is 12.0. The smallest absolute Gasteiger partial charge is 0.266 e. The highest BCUT2D eigenvalue weighted by atomic mass is 35.5. The number of methoxy groups -OCH3 is 1. The lowest BCUT2D eigenvalue weighted by atomic mass is 10.1. The molecule has 0 saturated carbocycles. The van der Waals surface area contributed by atoms with Gasteiger partial charge in [0.15, 0.2) is 6.23 Å². The molecule has 0 spiro atoms. The molecule has 7 nitrogen and oxygen atoms in total. The summed E-state index contributed by atoms with van der Waals surface area (Å²) in [6.45, 7) is 6.01. The summed E-state index contributed by atoms with van der Waals surface area (Å²) in [4.78, 5) is 16.6. The number of amides is 1. The van der Waals surface area contributed by atoms with Crippen LogP contribution in [0.15, 0.2) is 29.9 Å². The highest BCUT2D eigenvalue weighted by Crippen LogP contribution is 2.34. The van der Waals surface area contributed by atoms with Crippen molar-refractivity contribution in [1.29, 1.82) is 0 Å². The Labute approximate surface area is 157 Å². The average molecular weight is 377 g/mol. The van der Waals surface area contributed by atoms with Crippen LogP contribution in [0.2, 0.25) is 0 Å².